The van der Waals surface area contributed by atoms with Crippen molar-refractivity contribution in [3.63, 3.8) is 0 Å². The molecule has 0 aliphatic rings. The van der Waals surface area contributed by atoms with Crippen LogP contribution in [0.1, 0.15) is 29.8 Å². The van der Waals surface area contributed by atoms with Gasteiger partial charge in [0.25, 0.3) is 0 Å². The molecule has 2 aromatic carbocycles. The van der Waals surface area contributed by atoms with Crippen molar-refractivity contribution < 1.29 is 22.1 Å². The number of carbonyl (C=O) groups is 1. The normalized spacial score (nSPS) is 11.5. The lowest BCUT2D eigenvalue weighted by molar-refractivity contribution is 0.101. The van der Waals surface area contributed by atoms with Crippen molar-refractivity contribution in [1.29, 1.82) is 0 Å². The van der Waals surface area contributed by atoms with Crippen molar-refractivity contribution in [2.75, 3.05) is 7.11 Å². The number of rotatable bonds is 6. The number of carbonyl (C=O) groups excluding carboxylic acids is 1. The summed E-state index contributed by atoms with van der Waals surface area (Å²) in [5.41, 5.74) is 1.30. The van der Waals surface area contributed by atoms with E-state index < -0.39 is 10.1 Å². The monoisotopic (exact) mass is 346 g/mol. The maximum Gasteiger partial charge on any atom is 0.339 e. The van der Waals surface area contributed by atoms with Gasteiger partial charge in [0, 0.05) is 5.56 Å². The van der Waals surface area contributed by atoms with Gasteiger partial charge >= 0.3 is 10.1 Å². The predicted octanol–water partition coefficient (Wildman–Crippen LogP) is 3.70. The third kappa shape index (κ3) is 4.02. The minimum absolute atomic E-state index is 0.0351. The van der Waals surface area contributed by atoms with Crippen molar-refractivity contribution >= 4 is 22.0 Å². The first kappa shape index (κ1) is 17.7. The first-order chi connectivity index (χ1) is 11.4. The molecule has 0 saturated heterocycles. The molecule has 2 rings (SSSR count). The van der Waals surface area contributed by atoms with Gasteiger partial charge in [-0.1, -0.05) is 30.4 Å². The fourth-order valence-corrected chi connectivity index (χ4v) is 3.01. The van der Waals surface area contributed by atoms with Crippen LogP contribution < -0.4 is 8.92 Å². The van der Waals surface area contributed by atoms with E-state index in [9.17, 15) is 13.2 Å². The molecule has 5 nitrogen and oxygen atoms in total. The molecule has 0 heterocycles. The molecule has 0 radical (unpaired) electrons. The number of methoxy groups -OCH3 is 1. The number of ketones is 1. The van der Waals surface area contributed by atoms with Crippen molar-refractivity contribution in [2.45, 2.75) is 18.7 Å². The number of allylic oxidation sites excluding steroid dienone is 1. The van der Waals surface area contributed by atoms with E-state index in [2.05, 4.69) is 0 Å². The van der Waals surface area contributed by atoms with Gasteiger partial charge in [-0.2, -0.15) is 8.42 Å². The number of hydrogen-bond acceptors (Lipinski definition) is 5. The molecule has 2 aromatic rings. The zero-order valence-corrected chi connectivity index (χ0v) is 14.5. The molecule has 0 aliphatic heterocycles. The molecule has 0 aliphatic carbocycles. The molecule has 24 heavy (non-hydrogen) atoms. The Balaban J connectivity index is 2.33. The van der Waals surface area contributed by atoms with Gasteiger partial charge in [-0.3, -0.25) is 4.79 Å². The molecule has 0 atom stereocenters. The Morgan fingerprint density at radius 1 is 1.04 bits per heavy atom. The van der Waals surface area contributed by atoms with E-state index >= 15 is 0 Å². The van der Waals surface area contributed by atoms with Gasteiger partial charge < -0.3 is 8.92 Å². The van der Waals surface area contributed by atoms with Gasteiger partial charge in [0.1, 0.15) is 4.90 Å². The van der Waals surface area contributed by atoms with Crippen LogP contribution in [-0.2, 0) is 10.1 Å². The van der Waals surface area contributed by atoms with E-state index in [0.717, 1.165) is 5.56 Å². The second-order valence-corrected chi connectivity index (χ2v) is 6.57. The Morgan fingerprint density at radius 3 is 2.25 bits per heavy atom. The SMILES string of the molecule is C/C=C/c1ccc(OS(=O)(=O)c2ccc(C(C)=O)cc2)c(OC)c1. The summed E-state index contributed by atoms with van der Waals surface area (Å²) in [5.74, 6) is 0.275. The molecule has 0 aromatic heterocycles. The third-order valence-corrected chi connectivity index (χ3v) is 4.54. The highest BCUT2D eigenvalue weighted by Crippen LogP contribution is 2.31. The summed E-state index contributed by atoms with van der Waals surface area (Å²) in [5, 5.41) is 0. The first-order valence-corrected chi connectivity index (χ1v) is 8.64. The summed E-state index contributed by atoms with van der Waals surface area (Å²) < 4.78 is 35.1. The van der Waals surface area contributed by atoms with Crippen molar-refractivity contribution in [1.82, 2.24) is 0 Å². The van der Waals surface area contributed by atoms with E-state index in [1.165, 1.54) is 44.4 Å². The lowest BCUT2D eigenvalue weighted by Crippen LogP contribution is -2.10. The third-order valence-electron chi connectivity index (χ3n) is 3.30. The van der Waals surface area contributed by atoms with Gasteiger partial charge in [-0.05, 0) is 43.7 Å². The molecular formula is C18H18O5S. The standard InChI is InChI=1S/C18H18O5S/c1-4-5-14-6-11-17(18(12-14)22-3)23-24(20,21)16-9-7-15(8-10-16)13(2)19/h4-12H,1-3H3/b5-4+. The minimum atomic E-state index is -4.02. The van der Waals surface area contributed by atoms with E-state index in [0.29, 0.717) is 11.3 Å². The Morgan fingerprint density at radius 2 is 1.71 bits per heavy atom. The number of Topliss-reactive ketones (excluding diaryl/α,β-unsaturated/α-hetero) is 1. The van der Waals surface area contributed by atoms with Gasteiger partial charge in [0.05, 0.1) is 7.11 Å². The van der Waals surface area contributed by atoms with Crippen molar-refractivity contribution in [3.05, 3.63) is 59.7 Å². The first-order valence-electron chi connectivity index (χ1n) is 7.23. The van der Waals surface area contributed by atoms with E-state index in [4.69, 9.17) is 8.92 Å². The summed E-state index contributed by atoms with van der Waals surface area (Å²) in [6.07, 6.45) is 3.73. The molecule has 0 unspecified atom stereocenters. The van der Waals surface area contributed by atoms with Crippen LogP contribution in [0.15, 0.2) is 53.4 Å². The largest absolute Gasteiger partial charge is 0.493 e. The van der Waals surface area contributed by atoms with Crippen LogP contribution >= 0.6 is 0 Å². The van der Waals surface area contributed by atoms with Gasteiger partial charge in [-0.15, -0.1) is 0 Å². The quantitative estimate of drug-likeness (QED) is 0.589. The average Bonchev–Trinajstić information content (AvgIpc) is 2.56. The molecule has 0 fully saturated rings. The van der Waals surface area contributed by atoms with Gasteiger partial charge in [0.2, 0.25) is 0 Å². The maximum atomic E-state index is 12.4. The lowest BCUT2D eigenvalue weighted by atomic mass is 10.2. The Bertz CT molecular complexity index is 865. The highest BCUT2D eigenvalue weighted by molar-refractivity contribution is 7.87. The highest BCUT2D eigenvalue weighted by atomic mass is 32.2. The van der Waals surface area contributed by atoms with Crippen molar-refractivity contribution in [2.24, 2.45) is 0 Å². The molecule has 0 saturated carbocycles. The topological polar surface area (TPSA) is 69.7 Å². The molecular weight excluding hydrogens is 328 g/mol. The fourth-order valence-electron chi connectivity index (χ4n) is 2.07. The van der Waals surface area contributed by atoms with Crippen LogP contribution in [0, 0.1) is 0 Å². The van der Waals surface area contributed by atoms with E-state index in [-0.39, 0.29) is 16.4 Å². The van der Waals surface area contributed by atoms with Crippen LogP contribution in [0.25, 0.3) is 6.08 Å². The minimum Gasteiger partial charge on any atom is -0.493 e. The maximum absolute atomic E-state index is 12.4. The van der Waals surface area contributed by atoms with Crippen LogP contribution in [0.3, 0.4) is 0 Å². The summed E-state index contributed by atoms with van der Waals surface area (Å²) >= 11 is 0. The lowest BCUT2D eigenvalue weighted by Gasteiger charge is -2.11. The van der Waals surface area contributed by atoms with Crippen molar-refractivity contribution in [3.8, 4) is 11.5 Å². The smallest absolute Gasteiger partial charge is 0.339 e. The molecule has 0 N–H and O–H groups in total. The van der Waals surface area contributed by atoms with Crippen LogP contribution in [-0.4, -0.2) is 21.3 Å². The predicted molar refractivity (Wildman–Crippen MR) is 92.0 cm³/mol. The summed E-state index contributed by atoms with van der Waals surface area (Å²) in [4.78, 5) is 11.2. The highest BCUT2D eigenvalue weighted by Gasteiger charge is 2.19. The van der Waals surface area contributed by atoms with E-state index in [1.54, 1.807) is 12.1 Å². The van der Waals surface area contributed by atoms with Gasteiger partial charge in [0.15, 0.2) is 17.3 Å². The Labute approximate surface area is 141 Å². The average molecular weight is 346 g/mol. The molecule has 0 spiro atoms. The zero-order valence-electron chi connectivity index (χ0n) is 13.6. The van der Waals surface area contributed by atoms with E-state index in [1.807, 2.05) is 19.1 Å². The molecule has 0 amide bonds. The fraction of sp³-hybridized carbons (Fsp3) is 0.167. The van der Waals surface area contributed by atoms with Gasteiger partial charge in [-0.25, -0.2) is 0 Å². The Kier molecular flexibility index (Phi) is 5.41. The second kappa shape index (κ2) is 7.31. The number of hydrogen-bond donors (Lipinski definition) is 0. The van der Waals surface area contributed by atoms with Crippen LogP contribution in [0.5, 0.6) is 11.5 Å². The molecule has 0 bridgehead atoms. The summed E-state index contributed by atoms with van der Waals surface area (Å²) in [6.45, 7) is 3.29. The molecule has 6 heteroatoms. The summed E-state index contributed by atoms with van der Waals surface area (Å²) in [6, 6.07) is 10.5. The summed E-state index contributed by atoms with van der Waals surface area (Å²) in [7, 11) is -2.58. The second-order valence-electron chi connectivity index (χ2n) is 5.03. The van der Waals surface area contributed by atoms with Crippen LogP contribution in [0.2, 0.25) is 0 Å². The zero-order chi connectivity index (χ0) is 17.7. The Hall–Kier alpha value is -2.60. The van der Waals surface area contributed by atoms with Crippen LogP contribution in [0.4, 0.5) is 0 Å². The number of benzene rings is 2. The number of ether oxygens (including phenoxy) is 1. The molecule has 126 valence electrons.